The first-order valence-electron chi connectivity index (χ1n) is 17.7. The van der Waals surface area contributed by atoms with Crippen molar-refractivity contribution in [2.24, 2.45) is 22.7 Å². The van der Waals surface area contributed by atoms with Gasteiger partial charge in [0, 0.05) is 61.9 Å². The molecule has 2 aliphatic carbocycles. The molecule has 0 bridgehead atoms. The average molecular weight is 571 g/mol. The zero-order valence-electron chi connectivity index (χ0n) is 27.2. The second kappa shape index (κ2) is 13.7. The van der Waals surface area contributed by atoms with Gasteiger partial charge >= 0.3 is 0 Å². The van der Waals surface area contributed by atoms with Gasteiger partial charge in [-0.1, -0.05) is 32.1 Å². The van der Waals surface area contributed by atoms with E-state index >= 15 is 0 Å². The molecule has 6 fully saturated rings. The first-order chi connectivity index (χ1) is 19.7. The summed E-state index contributed by atoms with van der Waals surface area (Å²) >= 11 is 0. The number of carbonyl (C=O) groups is 2. The minimum Gasteiger partial charge on any atom is -0.341 e. The Kier molecular flexibility index (Phi) is 10.4. The molecule has 2 saturated carbocycles. The van der Waals surface area contributed by atoms with Crippen molar-refractivity contribution in [2.45, 2.75) is 136 Å². The number of nitrogens with zero attached hydrogens (tertiary/aromatic N) is 4. The number of piperidine rings is 2. The molecule has 6 heteroatoms. The molecule has 6 rings (SSSR count). The maximum atomic E-state index is 12.4. The molecule has 0 aromatic rings. The minimum absolute atomic E-state index is 0.439. The van der Waals surface area contributed by atoms with Crippen molar-refractivity contribution in [3.8, 4) is 0 Å². The Morgan fingerprint density at radius 1 is 0.561 bits per heavy atom. The first kappa shape index (κ1) is 31.3. The number of hydrogen-bond acceptors (Lipinski definition) is 4. The van der Waals surface area contributed by atoms with Crippen LogP contribution in [-0.2, 0) is 9.59 Å². The summed E-state index contributed by atoms with van der Waals surface area (Å²) in [6.07, 6.45) is 18.7. The highest BCUT2D eigenvalue weighted by Gasteiger charge is 2.48. The normalized spacial score (nSPS) is 27.2. The Bertz CT molecular complexity index is 843. The van der Waals surface area contributed by atoms with Crippen LogP contribution >= 0.6 is 0 Å². The lowest BCUT2D eigenvalue weighted by Gasteiger charge is -2.54. The van der Waals surface area contributed by atoms with Gasteiger partial charge in [0.15, 0.2) is 0 Å². The summed E-state index contributed by atoms with van der Waals surface area (Å²) in [5.41, 5.74) is 0.963. The lowest BCUT2D eigenvalue weighted by molar-refractivity contribution is -0.148. The van der Waals surface area contributed by atoms with E-state index < -0.39 is 0 Å². The Morgan fingerprint density at radius 3 is 1.20 bits per heavy atom. The van der Waals surface area contributed by atoms with Crippen molar-refractivity contribution in [3.05, 3.63) is 0 Å². The van der Waals surface area contributed by atoms with Gasteiger partial charge in [-0.15, -0.1) is 0 Å². The summed E-state index contributed by atoms with van der Waals surface area (Å²) in [5.74, 6) is 2.26. The molecule has 41 heavy (non-hydrogen) atoms. The van der Waals surface area contributed by atoms with E-state index in [1.165, 1.54) is 110 Å². The van der Waals surface area contributed by atoms with Crippen molar-refractivity contribution in [1.82, 2.24) is 19.6 Å². The maximum Gasteiger partial charge on any atom is 0.222 e. The third-order valence-corrected chi connectivity index (χ3v) is 12.1. The fraction of sp³-hybridized carbons (Fsp3) is 0.943. The quantitative estimate of drug-likeness (QED) is 0.382. The molecule has 0 atom stereocenters. The number of hydrogen-bond donors (Lipinski definition) is 0. The molecule has 6 nitrogen and oxygen atoms in total. The van der Waals surface area contributed by atoms with Crippen LogP contribution in [0.3, 0.4) is 0 Å². The fourth-order valence-electron chi connectivity index (χ4n) is 8.90. The van der Waals surface area contributed by atoms with Crippen molar-refractivity contribution in [2.75, 3.05) is 52.4 Å². The summed E-state index contributed by atoms with van der Waals surface area (Å²) in [5, 5.41) is 0. The van der Waals surface area contributed by atoms with Crippen LogP contribution in [0.4, 0.5) is 0 Å². The van der Waals surface area contributed by atoms with E-state index in [2.05, 4.69) is 47.3 Å². The lowest BCUT2D eigenvalue weighted by Crippen LogP contribution is -2.62. The van der Waals surface area contributed by atoms with Crippen LogP contribution in [-0.4, -0.2) is 95.9 Å². The maximum absolute atomic E-state index is 12.4. The van der Waals surface area contributed by atoms with E-state index in [-0.39, 0.29) is 0 Å². The zero-order chi connectivity index (χ0) is 29.0. The highest BCUT2D eigenvalue weighted by Crippen LogP contribution is 2.43. The van der Waals surface area contributed by atoms with E-state index in [4.69, 9.17) is 0 Å². The molecular formula is C35H62N4O2. The van der Waals surface area contributed by atoms with E-state index in [1.54, 1.807) is 0 Å². The number of amides is 2. The van der Waals surface area contributed by atoms with Crippen LogP contribution in [0.2, 0.25) is 0 Å². The molecule has 4 saturated heterocycles. The van der Waals surface area contributed by atoms with Gasteiger partial charge in [-0.3, -0.25) is 9.59 Å². The van der Waals surface area contributed by atoms with Crippen LogP contribution in [0, 0.1) is 22.7 Å². The van der Waals surface area contributed by atoms with Crippen LogP contribution < -0.4 is 0 Å². The van der Waals surface area contributed by atoms with E-state index in [0.29, 0.717) is 46.6 Å². The highest BCUT2D eigenvalue weighted by atomic mass is 16.2. The third kappa shape index (κ3) is 7.88. The second-order valence-corrected chi connectivity index (χ2v) is 15.8. The smallest absolute Gasteiger partial charge is 0.222 e. The largest absolute Gasteiger partial charge is 0.341 e. The van der Waals surface area contributed by atoms with Crippen LogP contribution in [0.15, 0.2) is 0 Å². The fourth-order valence-corrected chi connectivity index (χ4v) is 8.90. The third-order valence-electron chi connectivity index (χ3n) is 12.1. The molecular weight excluding hydrogens is 508 g/mol. The second-order valence-electron chi connectivity index (χ2n) is 15.8. The van der Waals surface area contributed by atoms with Gasteiger partial charge in [0.05, 0.1) is 0 Å². The molecule has 234 valence electrons. The molecule has 2 spiro atoms. The molecule has 0 aromatic carbocycles. The van der Waals surface area contributed by atoms with Gasteiger partial charge in [-0.25, -0.2) is 0 Å². The predicted molar refractivity (Wildman–Crippen MR) is 168 cm³/mol. The zero-order valence-corrected chi connectivity index (χ0v) is 27.2. The SMILES string of the molecule is CC(C)N1CCC2(CC1)CN(C(=O)CC1CCCC1)C2.CC(C)N1CCC2(CC1)CN(C(=O)CC1CCCCC1)C2. The molecule has 2 amide bonds. The van der Waals surface area contributed by atoms with Crippen molar-refractivity contribution >= 4 is 11.8 Å². The predicted octanol–water partition coefficient (Wildman–Crippen LogP) is 6.19. The molecule has 0 radical (unpaired) electrons. The lowest BCUT2D eigenvalue weighted by atomic mass is 9.71. The monoisotopic (exact) mass is 570 g/mol. The van der Waals surface area contributed by atoms with Gasteiger partial charge in [0.2, 0.25) is 11.8 Å². The van der Waals surface area contributed by atoms with Crippen molar-refractivity contribution < 1.29 is 9.59 Å². The number of rotatable bonds is 6. The summed E-state index contributed by atoms with van der Waals surface area (Å²) in [6.45, 7) is 18.2. The summed E-state index contributed by atoms with van der Waals surface area (Å²) in [7, 11) is 0. The van der Waals surface area contributed by atoms with Gasteiger partial charge in [0.25, 0.3) is 0 Å². The molecule has 0 unspecified atom stereocenters. The Balaban J connectivity index is 0.000000165. The highest BCUT2D eigenvalue weighted by molar-refractivity contribution is 5.78. The van der Waals surface area contributed by atoms with Gasteiger partial charge in [-0.05, 0) is 117 Å². The van der Waals surface area contributed by atoms with Gasteiger partial charge < -0.3 is 19.6 Å². The average Bonchev–Trinajstić information content (AvgIpc) is 3.44. The number of likely N-dealkylation sites (tertiary alicyclic amines) is 4. The van der Waals surface area contributed by atoms with Crippen LogP contribution in [0.5, 0.6) is 0 Å². The van der Waals surface area contributed by atoms with Crippen LogP contribution in [0.1, 0.15) is 124 Å². The summed E-state index contributed by atoms with van der Waals surface area (Å²) in [6, 6.07) is 1.35. The minimum atomic E-state index is 0.439. The van der Waals surface area contributed by atoms with E-state index in [1.807, 2.05) is 0 Å². The topological polar surface area (TPSA) is 47.1 Å². The van der Waals surface area contributed by atoms with Crippen molar-refractivity contribution in [1.29, 1.82) is 0 Å². The molecule has 4 heterocycles. The molecule has 0 aromatic heterocycles. The van der Waals surface area contributed by atoms with E-state index in [9.17, 15) is 9.59 Å². The molecule has 0 N–H and O–H groups in total. The molecule has 4 aliphatic heterocycles. The standard InChI is InChI=1S/C18H32N2O.C17H30N2O/c1-15(2)19-10-8-18(9-11-19)13-20(14-18)17(21)12-16-6-4-3-5-7-16;1-14(2)18-9-7-17(8-10-18)12-19(13-17)16(20)11-15-5-3-4-6-15/h15-16H,3-14H2,1-2H3;14-15H,3-13H2,1-2H3. The van der Waals surface area contributed by atoms with E-state index in [0.717, 1.165) is 39.0 Å². The molecule has 6 aliphatic rings. The summed E-state index contributed by atoms with van der Waals surface area (Å²) < 4.78 is 0. The van der Waals surface area contributed by atoms with Gasteiger partial charge in [-0.2, -0.15) is 0 Å². The first-order valence-corrected chi connectivity index (χ1v) is 17.7. The summed E-state index contributed by atoms with van der Waals surface area (Å²) in [4.78, 5) is 34.2. The Morgan fingerprint density at radius 2 is 0.878 bits per heavy atom. The van der Waals surface area contributed by atoms with Gasteiger partial charge in [0.1, 0.15) is 0 Å². The Labute approximate surface area is 251 Å². The van der Waals surface area contributed by atoms with Crippen molar-refractivity contribution in [3.63, 3.8) is 0 Å². The number of carbonyl (C=O) groups excluding carboxylic acids is 2. The van der Waals surface area contributed by atoms with Crippen LogP contribution in [0.25, 0.3) is 0 Å². The Hall–Kier alpha value is -1.14.